The number of fused-ring (bicyclic) bond motifs is 3. The predicted molar refractivity (Wildman–Crippen MR) is 313 cm³/mol. The minimum absolute atomic E-state index is 0.0275. The van der Waals surface area contributed by atoms with Crippen LogP contribution in [0.4, 0.5) is 0 Å². The van der Waals surface area contributed by atoms with Crippen LogP contribution in [0.2, 0.25) is 0 Å². The molecule has 512 valence electrons. The first kappa shape index (κ1) is 75.7. The van der Waals surface area contributed by atoms with Crippen molar-refractivity contribution >= 4 is 83.8 Å². The predicted octanol–water partition coefficient (Wildman–Crippen LogP) is -8.93. The van der Waals surface area contributed by atoms with Crippen LogP contribution in [0.25, 0.3) is 0 Å². The molecule has 3 saturated heterocycles. The van der Waals surface area contributed by atoms with E-state index in [0.29, 0.717) is 22.8 Å². The Morgan fingerprint density at radius 3 is 1.86 bits per heavy atom. The van der Waals surface area contributed by atoms with E-state index in [-0.39, 0.29) is 133 Å². The highest BCUT2D eigenvalue weighted by atomic mass is 16.5. The summed E-state index contributed by atoms with van der Waals surface area (Å²) >= 11 is 0. The highest BCUT2D eigenvalue weighted by Gasteiger charge is 2.56. The molecule has 0 spiro atoms. The van der Waals surface area contributed by atoms with Crippen molar-refractivity contribution < 1.29 is 102 Å². The Morgan fingerprint density at radius 2 is 1.23 bits per heavy atom. The number of rotatable bonds is 32. The summed E-state index contributed by atoms with van der Waals surface area (Å²) in [6, 6.07) is -15.0. The van der Waals surface area contributed by atoms with Gasteiger partial charge in [0.25, 0.3) is 5.91 Å². The first-order valence-electron chi connectivity index (χ1n) is 30.7. The number of nitrogens with zero attached hydrogens (tertiary/aromatic N) is 2. The van der Waals surface area contributed by atoms with Gasteiger partial charge in [-0.2, -0.15) is 0 Å². The van der Waals surface area contributed by atoms with E-state index in [2.05, 4.69) is 53.2 Å². The smallest absolute Gasteiger partial charge is 0.328 e. The first-order chi connectivity index (χ1) is 43.1. The summed E-state index contributed by atoms with van der Waals surface area (Å²) in [6.45, 7) is 3.54. The van der Waals surface area contributed by atoms with Crippen LogP contribution >= 0.6 is 0 Å². The normalized spacial score (nSPS) is 28.1. The molecular formula is C55H93N16O20+. The summed E-state index contributed by atoms with van der Waals surface area (Å²) < 4.78 is 5.76. The third-order valence-corrected chi connectivity index (χ3v) is 16.5. The van der Waals surface area contributed by atoms with Crippen LogP contribution in [0.15, 0.2) is 0 Å². The number of cyclic esters (lactones) is 1. The van der Waals surface area contributed by atoms with Gasteiger partial charge in [0.05, 0.1) is 30.7 Å². The van der Waals surface area contributed by atoms with Crippen LogP contribution in [0.1, 0.15) is 130 Å². The fourth-order valence-electron chi connectivity index (χ4n) is 11.6. The number of aliphatic hydroxyl groups is 2. The Morgan fingerprint density at radius 1 is 0.670 bits per heavy atom. The number of carbonyl (C=O) groups excluding carboxylic acids is 13. The zero-order valence-electron chi connectivity index (χ0n) is 51.4. The number of aliphatic hydroxyl groups excluding tert-OH is 2. The largest absolute Gasteiger partial charge is 0.481 e. The molecule has 36 nitrogen and oxygen atoms in total. The molecule has 0 aromatic rings. The number of nitrogens with one attached hydrogen (secondary N) is 11. The third kappa shape index (κ3) is 23.8. The molecule has 1 saturated carbocycles. The lowest BCUT2D eigenvalue weighted by atomic mass is 9.72. The fraction of sp³-hybridized carbons (Fsp3) is 0.745. The highest BCUT2D eigenvalue weighted by Crippen LogP contribution is 2.32. The molecule has 91 heavy (non-hydrogen) atoms. The molecule has 0 aromatic heterocycles. The summed E-state index contributed by atoms with van der Waals surface area (Å²) in [5.41, 5.74) is 16.8. The molecule has 0 bridgehead atoms. The molecule has 4 rings (SSSR count). The van der Waals surface area contributed by atoms with Gasteiger partial charge >= 0.3 is 11.9 Å². The molecule has 17 unspecified atom stereocenters. The van der Waals surface area contributed by atoms with Crippen molar-refractivity contribution in [2.45, 2.75) is 221 Å². The van der Waals surface area contributed by atoms with Crippen molar-refractivity contribution in [1.82, 2.24) is 63.3 Å². The van der Waals surface area contributed by atoms with E-state index in [4.69, 9.17) is 21.9 Å². The molecule has 17 atom stereocenters. The van der Waals surface area contributed by atoms with E-state index in [1.165, 1.54) is 20.8 Å². The quantitative estimate of drug-likeness (QED) is 0.00978. The number of nitrogens with two attached hydrogens (primary N) is 3. The van der Waals surface area contributed by atoms with Gasteiger partial charge in [-0.05, 0) is 111 Å². The topological polar surface area (TPSA) is 559 Å². The van der Waals surface area contributed by atoms with Gasteiger partial charge in [-0.3, -0.25) is 78.1 Å². The van der Waals surface area contributed by atoms with Crippen LogP contribution in [0, 0.1) is 5.92 Å². The van der Waals surface area contributed by atoms with Crippen LogP contribution in [-0.2, 0) is 71.9 Å². The Balaban J connectivity index is 1.67. The van der Waals surface area contributed by atoms with Crippen molar-refractivity contribution in [2.24, 2.45) is 23.1 Å². The number of hydrogen-bond acceptors (Lipinski definition) is 22. The molecule has 22 N–H and O–H groups in total. The van der Waals surface area contributed by atoms with E-state index < -0.39 is 181 Å². The molecule has 36 heteroatoms. The van der Waals surface area contributed by atoms with E-state index >= 15 is 0 Å². The number of quaternary nitrogens is 1. The molecule has 4 fully saturated rings. The number of esters is 1. The number of ether oxygens (including phenoxy) is 1. The van der Waals surface area contributed by atoms with E-state index in [9.17, 15) is 92.9 Å². The van der Waals surface area contributed by atoms with Gasteiger partial charge in [-0.15, -0.1) is 0 Å². The second-order valence-electron chi connectivity index (χ2n) is 23.5. The zero-order chi connectivity index (χ0) is 67.6. The maximum absolute atomic E-state index is 14.6. The molecule has 3 heterocycles. The lowest BCUT2D eigenvalue weighted by Gasteiger charge is -2.54. The average molecular weight is 1300 g/mol. The fourth-order valence-corrected chi connectivity index (χ4v) is 11.6. The van der Waals surface area contributed by atoms with Gasteiger partial charge < -0.3 is 90.0 Å². The number of aliphatic carboxylic acids is 1. The van der Waals surface area contributed by atoms with Crippen LogP contribution < -0.4 is 75.3 Å². The number of hydrogen-bond donors (Lipinski definition) is 19. The minimum Gasteiger partial charge on any atom is -0.481 e. The number of unbranched alkanes of at least 4 members (excludes halogenated alkanes) is 2. The maximum atomic E-state index is 14.6. The SMILES string of the molecule is CC1NC(=O)C(C)NC(=O)C(NC(=O)C(CCCCN)NC(=O)C(CCCN(O)C=O)NC(=O)C(CC(=O)O)NC(=O)C2CCNC3C(NC(=O)CCC(N)=O)CC4CC(O)C(O)CC4[NH+]23)C(C)OC(=O)C(CCCCN)NC(=O)C(CCCN(O)C=O)NC1=O. The van der Waals surface area contributed by atoms with Crippen LogP contribution in [-0.4, -0.2) is 243 Å². The molecule has 4 aliphatic rings. The molecule has 0 radical (unpaired) electrons. The Kier molecular flexibility index (Phi) is 31.3. The molecule has 0 aromatic carbocycles. The van der Waals surface area contributed by atoms with Crippen molar-refractivity contribution in [1.29, 1.82) is 0 Å². The van der Waals surface area contributed by atoms with Gasteiger partial charge in [0.2, 0.25) is 66.0 Å². The Hall–Kier alpha value is -7.74. The zero-order valence-corrected chi connectivity index (χ0v) is 51.4. The molecule has 12 amide bonds. The second kappa shape index (κ2) is 37.6. The van der Waals surface area contributed by atoms with E-state index in [1.54, 1.807) is 0 Å². The van der Waals surface area contributed by atoms with Gasteiger partial charge in [0, 0.05) is 51.2 Å². The summed E-state index contributed by atoms with van der Waals surface area (Å²) in [7, 11) is 0. The van der Waals surface area contributed by atoms with Gasteiger partial charge in [0.1, 0.15) is 54.4 Å². The molecule has 3 aliphatic heterocycles. The van der Waals surface area contributed by atoms with Crippen molar-refractivity contribution in [3.05, 3.63) is 0 Å². The monoisotopic (exact) mass is 1300 g/mol. The van der Waals surface area contributed by atoms with Gasteiger partial charge in [-0.25, -0.2) is 14.9 Å². The number of carboxylic acids is 1. The van der Waals surface area contributed by atoms with Gasteiger partial charge in [-0.1, -0.05) is 0 Å². The first-order valence-corrected chi connectivity index (χ1v) is 30.7. The summed E-state index contributed by atoms with van der Waals surface area (Å²) in [5, 5.41) is 77.9. The number of amides is 12. The van der Waals surface area contributed by atoms with Crippen LogP contribution in [0.5, 0.6) is 0 Å². The number of hydroxylamine groups is 4. The number of carbonyl (C=O) groups is 14. The van der Waals surface area contributed by atoms with E-state index in [1.807, 2.05) is 0 Å². The van der Waals surface area contributed by atoms with Crippen molar-refractivity contribution in [3.63, 3.8) is 0 Å². The lowest BCUT2D eigenvalue weighted by molar-refractivity contribution is -0.983. The highest BCUT2D eigenvalue weighted by molar-refractivity contribution is 5.99. The Bertz CT molecular complexity index is 2560. The summed E-state index contributed by atoms with van der Waals surface area (Å²) in [6.07, 6.45) is -5.52. The molecule has 1 aliphatic carbocycles. The van der Waals surface area contributed by atoms with Gasteiger partial charge in [0.15, 0.2) is 12.2 Å². The van der Waals surface area contributed by atoms with Crippen molar-refractivity contribution in [3.8, 4) is 0 Å². The molecular weight excluding hydrogens is 1200 g/mol. The minimum atomic E-state index is -1.90. The maximum Gasteiger partial charge on any atom is 0.328 e. The number of primary amides is 1. The van der Waals surface area contributed by atoms with Crippen molar-refractivity contribution in [2.75, 3.05) is 32.7 Å². The third-order valence-electron chi connectivity index (χ3n) is 16.5. The van der Waals surface area contributed by atoms with Crippen LogP contribution in [0.3, 0.4) is 0 Å². The Labute approximate surface area is 524 Å². The number of carboxylic acid groups (broad SMARTS) is 1. The van der Waals surface area contributed by atoms with E-state index in [0.717, 1.165) is 0 Å². The summed E-state index contributed by atoms with van der Waals surface area (Å²) in [4.78, 5) is 187. The standard InChI is InChI=1S/C55H92N16O20/c1-28-47(80)60-29(2)48(81)63-33(12-8-20-69(89)26-72)50(83)66-35(11-5-7-18-57)55(88)91-30(3)45(54(87)61-28)68-51(84)32(10-4-6-17-56)64-49(82)34(13-9-21-70(90)27-73)65-52(85)37(24-44(78)79)67-53(86)38-16-19-59-46-36(62-43(77)15-14-42(58)76)22-31-23-40(74)41(75)25-39(31)71(38)46/h26-41,45-46,59,74-75,89-90H,4-25,56-57H2,1-3H3,(H2,58,76)(H,60,80)(H,61,87)(H,62,77)(H,63,81)(H,64,82)(H,65,85)(H,66,83)(H,67,86)(H,68,84)(H,78,79)/p+1. The summed E-state index contributed by atoms with van der Waals surface area (Å²) in [5.74, 6) is -12.4. The number of piperidine rings is 1. The lowest BCUT2D eigenvalue weighted by Crippen LogP contribution is -3.29. The average Bonchev–Trinajstić information content (AvgIpc) is 0.774. The second-order valence-corrected chi connectivity index (χ2v) is 23.5.